The molecule has 0 bridgehead atoms. The highest BCUT2D eigenvalue weighted by Gasteiger charge is 2.16. The molecule has 0 aliphatic heterocycles. The van der Waals surface area contributed by atoms with E-state index < -0.39 is 0 Å². The third-order valence-corrected chi connectivity index (χ3v) is 6.30. The van der Waals surface area contributed by atoms with Crippen molar-refractivity contribution < 1.29 is 14.3 Å². The molecule has 0 amide bonds. The Balaban J connectivity index is 1.57. The van der Waals surface area contributed by atoms with Crippen LogP contribution < -0.4 is 15.0 Å². The molecule has 2 heterocycles. The number of fused-ring (bicyclic) bond motifs is 1. The van der Waals surface area contributed by atoms with Crippen LogP contribution in [0.4, 0.5) is 0 Å². The lowest BCUT2D eigenvalue weighted by molar-refractivity contribution is 0.101. The number of aromatic nitrogens is 2. The largest absolute Gasteiger partial charge is 0.497 e. The first-order valence-electron chi connectivity index (χ1n) is 9.05. The number of carbonyl (C=O) groups is 1. The fraction of sp³-hybridized carbons (Fsp3) is 0.136. The highest BCUT2D eigenvalue weighted by Crippen LogP contribution is 2.32. The van der Waals surface area contributed by atoms with Crippen LogP contribution in [0.15, 0.2) is 63.9 Å². The van der Waals surface area contributed by atoms with E-state index in [0.717, 1.165) is 11.1 Å². The topological polar surface area (TPSA) is 81.3 Å². The van der Waals surface area contributed by atoms with Crippen LogP contribution >= 0.6 is 23.1 Å². The van der Waals surface area contributed by atoms with Gasteiger partial charge in [-0.1, -0.05) is 42.1 Å². The van der Waals surface area contributed by atoms with Gasteiger partial charge in [-0.05, 0) is 17.7 Å². The molecule has 0 fully saturated rings. The molecular formula is C22H18N2O4S2. The normalized spacial score (nSPS) is 10.9. The molecule has 2 aromatic heterocycles. The summed E-state index contributed by atoms with van der Waals surface area (Å²) in [6.45, 7) is 0. The van der Waals surface area contributed by atoms with E-state index in [1.54, 1.807) is 25.3 Å². The van der Waals surface area contributed by atoms with E-state index in [1.165, 1.54) is 30.2 Å². The zero-order chi connectivity index (χ0) is 21.1. The van der Waals surface area contributed by atoms with Gasteiger partial charge in [0.2, 0.25) is 0 Å². The van der Waals surface area contributed by atoms with Gasteiger partial charge in [0.05, 0.1) is 30.9 Å². The standard InChI is InChI=1S/C22H18N2O4S2/c1-27-14-8-9-15(18(10-14)28-2)17(25)12-30-22-23-20(26)19-16(11-29-21(19)24-22)13-6-4-3-5-7-13/h3-11H,12H2,1-2H3,(H,23,24,26). The van der Waals surface area contributed by atoms with Gasteiger partial charge in [0.1, 0.15) is 16.3 Å². The number of thioether (sulfide) groups is 1. The van der Waals surface area contributed by atoms with Crippen molar-refractivity contribution in [2.24, 2.45) is 0 Å². The molecule has 0 unspecified atom stereocenters. The van der Waals surface area contributed by atoms with E-state index in [-0.39, 0.29) is 17.1 Å². The van der Waals surface area contributed by atoms with E-state index in [1.807, 2.05) is 35.7 Å². The predicted octanol–water partition coefficient (Wildman–Crippen LogP) is 4.64. The number of Topliss-reactive ketones (excluding diaryl/α,β-unsaturated/α-hetero) is 1. The summed E-state index contributed by atoms with van der Waals surface area (Å²) in [5, 5.41) is 2.91. The maximum absolute atomic E-state index is 12.7. The Kier molecular flexibility index (Phi) is 5.87. The monoisotopic (exact) mass is 438 g/mol. The second-order valence-electron chi connectivity index (χ2n) is 6.34. The Morgan fingerprint density at radius 1 is 1.13 bits per heavy atom. The Morgan fingerprint density at radius 2 is 1.93 bits per heavy atom. The van der Waals surface area contributed by atoms with Crippen molar-refractivity contribution in [1.29, 1.82) is 0 Å². The molecule has 0 radical (unpaired) electrons. The molecule has 0 spiro atoms. The number of ether oxygens (including phenoxy) is 2. The van der Waals surface area contributed by atoms with E-state index in [0.29, 0.717) is 32.4 Å². The minimum Gasteiger partial charge on any atom is -0.497 e. The number of carbonyl (C=O) groups excluding carboxylic acids is 1. The molecule has 152 valence electrons. The smallest absolute Gasteiger partial charge is 0.260 e. The number of ketones is 1. The van der Waals surface area contributed by atoms with Crippen LogP contribution in [0.2, 0.25) is 0 Å². The first-order chi connectivity index (χ1) is 14.6. The number of aromatic amines is 1. The molecule has 30 heavy (non-hydrogen) atoms. The van der Waals surface area contributed by atoms with Crippen molar-refractivity contribution >= 4 is 39.1 Å². The Morgan fingerprint density at radius 3 is 2.67 bits per heavy atom. The lowest BCUT2D eigenvalue weighted by Gasteiger charge is -2.09. The van der Waals surface area contributed by atoms with Crippen LogP contribution in [0.1, 0.15) is 10.4 Å². The number of benzene rings is 2. The number of rotatable bonds is 7. The van der Waals surface area contributed by atoms with Gasteiger partial charge < -0.3 is 14.5 Å². The van der Waals surface area contributed by atoms with Gasteiger partial charge >= 0.3 is 0 Å². The predicted molar refractivity (Wildman–Crippen MR) is 120 cm³/mol. The molecular weight excluding hydrogens is 420 g/mol. The second-order valence-corrected chi connectivity index (χ2v) is 8.17. The SMILES string of the molecule is COc1ccc(C(=O)CSc2nc3scc(-c4ccccc4)c3c(=O)[nH]2)c(OC)c1. The van der Waals surface area contributed by atoms with Gasteiger partial charge in [-0.25, -0.2) is 4.98 Å². The number of nitrogens with one attached hydrogen (secondary N) is 1. The van der Waals surface area contributed by atoms with Crippen LogP contribution in [0.25, 0.3) is 21.3 Å². The van der Waals surface area contributed by atoms with Crippen molar-refractivity contribution in [2.45, 2.75) is 5.16 Å². The summed E-state index contributed by atoms with van der Waals surface area (Å²) in [6, 6.07) is 14.8. The summed E-state index contributed by atoms with van der Waals surface area (Å²) < 4.78 is 10.5. The summed E-state index contributed by atoms with van der Waals surface area (Å²) in [5.41, 5.74) is 2.08. The minimum absolute atomic E-state index is 0.119. The lowest BCUT2D eigenvalue weighted by atomic mass is 10.1. The Bertz CT molecular complexity index is 1270. The molecule has 2 aromatic carbocycles. The van der Waals surface area contributed by atoms with Gasteiger partial charge in [-0.2, -0.15) is 0 Å². The highest BCUT2D eigenvalue weighted by molar-refractivity contribution is 7.99. The summed E-state index contributed by atoms with van der Waals surface area (Å²) >= 11 is 2.60. The van der Waals surface area contributed by atoms with Crippen LogP contribution in [0.3, 0.4) is 0 Å². The fourth-order valence-electron chi connectivity index (χ4n) is 3.07. The van der Waals surface area contributed by atoms with Gasteiger partial charge in [-0.3, -0.25) is 9.59 Å². The molecule has 0 aliphatic rings. The summed E-state index contributed by atoms with van der Waals surface area (Å²) in [7, 11) is 3.06. The Hall–Kier alpha value is -3.10. The number of H-pyrrole nitrogens is 1. The number of nitrogens with zero attached hydrogens (tertiary/aromatic N) is 1. The lowest BCUT2D eigenvalue weighted by Crippen LogP contribution is -2.10. The van der Waals surface area contributed by atoms with Crippen LogP contribution in [0.5, 0.6) is 11.5 Å². The fourth-order valence-corrected chi connectivity index (χ4v) is 4.82. The van der Waals surface area contributed by atoms with Crippen molar-refractivity contribution in [2.75, 3.05) is 20.0 Å². The van der Waals surface area contributed by atoms with Crippen LogP contribution in [0, 0.1) is 0 Å². The maximum atomic E-state index is 12.7. The van der Waals surface area contributed by atoms with Gasteiger partial charge in [0, 0.05) is 17.0 Å². The number of thiophene rings is 1. The molecule has 4 rings (SSSR count). The summed E-state index contributed by atoms with van der Waals surface area (Å²) in [6.07, 6.45) is 0. The van der Waals surface area contributed by atoms with Crippen molar-refractivity contribution in [3.05, 3.63) is 69.8 Å². The maximum Gasteiger partial charge on any atom is 0.260 e. The van der Waals surface area contributed by atoms with Gasteiger partial charge in [0.15, 0.2) is 10.9 Å². The molecule has 0 saturated heterocycles. The van der Waals surface area contributed by atoms with Crippen LogP contribution in [-0.4, -0.2) is 35.7 Å². The average Bonchev–Trinajstić information content (AvgIpc) is 3.22. The third-order valence-electron chi connectivity index (χ3n) is 4.56. The average molecular weight is 439 g/mol. The van der Waals surface area contributed by atoms with Gasteiger partial charge in [-0.15, -0.1) is 11.3 Å². The Labute approximate surface area is 180 Å². The minimum atomic E-state index is -0.211. The summed E-state index contributed by atoms with van der Waals surface area (Å²) in [5.74, 6) is 1.05. The number of methoxy groups -OCH3 is 2. The summed E-state index contributed by atoms with van der Waals surface area (Å²) in [4.78, 5) is 33.4. The molecule has 1 N–H and O–H groups in total. The second kappa shape index (κ2) is 8.73. The zero-order valence-electron chi connectivity index (χ0n) is 16.3. The first-order valence-corrected chi connectivity index (χ1v) is 10.9. The van der Waals surface area contributed by atoms with Crippen molar-refractivity contribution in [3.8, 4) is 22.6 Å². The molecule has 0 aliphatic carbocycles. The quantitative estimate of drug-likeness (QED) is 0.257. The van der Waals surface area contributed by atoms with E-state index >= 15 is 0 Å². The number of hydrogen-bond acceptors (Lipinski definition) is 7. The highest BCUT2D eigenvalue weighted by atomic mass is 32.2. The molecule has 4 aromatic rings. The van der Waals surface area contributed by atoms with Crippen LogP contribution in [-0.2, 0) is 0 Å². The first kappa shape index (κ1) is 20.2. The molecule has 8 heteroatoms. The molecule has 0 atom stereocenters. The van der Waals surface area contributed by atoms with Crippen molar-refractivity contribution in [1.82, 2.24) is 9.97 Å². The number of hydrogen-bond donors (Lipinski definition) is 1. The molecule has 0 saturated carbocycles. The van der Waals surface area contributed by atoms with Crippen molar-refractivity contribution in [3.63, 3.8) is 0 Å². The van der Waals surface area contributed by atoms with E-state index in [9.17, 15) is 9.59 Å². The molecule has 6 nitrogen and oxygen atoms in total. The van der Waals surface area contributed by atoms with Gasteiger partial charge in [0.25, 0.3) is 5.56 Å². The van der Waals surface area contributed by atoms with E-state index in [4.69, 9.17) is 9.47 Å². The third kappa shape index (κ3) is 3.96. The zero-order valence-corrected chi connectivity index (χ0v) is 17.9. The van der Waals surface area contributed by atoms with E-state index in [2.05, 4.69) is 9.97 Å².